The summed E-state index contributed by atoms with van der Waals surface area (Å²) in [5, 5.41) is 2.26. The van der Waals surface area contributed by atoms with Gasteiger partial charge >= 0.3 is 6.03 Å². The predicted molar refractivity (Wildman–Crippen MR) is 153 cm³/mol. The summed E-state index contributed by atoms with van der Waals surface area (Å²) in [7, 11) is 0. The molecular formula is C29H26Br2N2O5. The van der Waals surface area contributed by atoms with Crippen molar-refractivity contribution in [3.8, 4) is 11.5 Å². The number of carbonyl (C=O) groups excluding carboxylic acids is 3. The molecule has 38 heavy (non-hydrogen) atoms. The van der Waals surface area contributed by atoms with Gasteiger partial charge in [0.15, 0.2) is 11.5 Å². The minimum absolute atomic E-state index is 0.177. The van der Waals surface area contributed by atoms with Gasteiger partial charge in [0.25, 0.3) is 11.8 Å². The highest BCUT2D eigenvalue weighted by Crippen LogP contribution is 2.38. The lowest BCUT2D eigenvalue weighted by Crippen LogP contribution is -2.54. The van der Waals surface area contributed by atoms with Gasteiger partial charge < -0.3 is 9.47 Å². The number of hydrogen-bond donors (Lipinski definition) is 1. The van der Waals surface area contributed by atoms with Gasteiger partial charge in [-0.05, 0) is 96.7 Å². The highest BCUT2D eigenvalue weighted by molar-refractivity contribution is 9.10. The molecule has 1 saturated heterocycles. The number of benzene rings is 3. The monoisotopic (exact) mass is 640 g/mol. The maximum absolute atomic E-state index is 13.3. The van der Waals surface area contributed by atoms with E-state index < -0.39 is 17.8 Å². The van der Waals surface area contributed by atoms with E-state index in [9.17, 15) is 14.4 Å². The van der Waals surface area contributed by atoms with E-state index in [0.29, 0.717) is 40.4 Å². The standard InChI is InChI=1S/C29H26Br2N2O5/c1-5-37-25-14-19(13-24(31)26(25)38-15-20-9-16(2)8-17(3)10-20)12-22-27(34)32-29(36)33(28(22)35)21-6-7-23(30)18(4)11-21/h6-14H,5,15H2,1-4H3,(H,32,34,36)/b22-12-. The van der Waals surface area contributed by atoms with Crippen LogP contribution in [0.1, 0.15) is 34.7 Å². The lowest BCUT2D eigenvalue weighted by atomic mass is 10.1. The average Bonchev–Trinajstić information content (AvgIpc) is 2.83. The first kappa shape index (κ1) is 27.6. The Morgan fingerprint density at radius 1 is 0.895 bits per heavy atom. The van der Waals surface area contributed by atoms with Crippen LogP contribution in [0.3, 0.4) is 0 Å². The lowest BCUT2D eigenvalue weighted by molar-refractivity contribution is -0.122. The summed E-state index contributed by atoms with van der Waals surface area (Å²) in [5.41, 5.74) is 4.87. The molecular weight excluding hydrogens is 616 g/mol. The summed E-state index contributed by atoms with van der Waals surface area (Å²) in [6, 6.07) is 13.9. The predicted octanol–water partition coefficient (Wildman–Crippen LogP) is 6.78. The second-order valence-corrected chi connectivity index (χ2v) is 10.6. The van der Waals surface area contributed by atoms with Crippen LogP contribution in [0.15, 0.2) is 63.0 Å². The summed E-state index contributed by atoms with van der Waals surface area (Å²) in [6.07, 6.45) is 1.43. The van der Waals surface area contributed by atoms with Crippen LogP contribution in [0.5, 0.6) is 11.5 Å². The number of barbiturate groups is 1. The fourth-order valence-corrected chi connectivity index (χ4v) is 5.03. The van der Waals surface area contributed by atoms with Crippen molar-refractivity contribution in [2.75, 3.05) is 11.5 Å². The fraction of sp³-hybridized carbons (Fsp3) is 0.207. The van der Waals surface area contributed by atoms with Crippen molar-refractivity contribution in [3.05, 3.63) is 90.9 Å². The summed E-state index contributed by atoms with van der Waals surface area (Å²) >= 11 is 6.97. The number of ether oxygens (including phenoxy) is 2. The normalized spacial score (nSPS) is 14.6. The molecule has 7 nitrogen and oxygen atoms in total. The van der Waals surface area contributed by atoms with Crippen molar-refractivity contribution in [3.63, 3.8) is 0 Å². The number of anilines is 1. The first-order chi connectivity index (χ1) is 18.1. The van der Waals surface area contributed by atoms with Gasteiger partial charge in [-0.1, -0.05) is 45.3 Å². The second kappa shape index (κ2) is 11.5. The van der Waals surface area contributed by atoms with Crippen molar-refractivity contribution in [1.29, 1.82) is 0 Å². The SMILES string of the molecule is CCOc1cc(/C=C2/C(=O)NC(=O)N(c3ccc(Br)c(C)c3)C2=O)cc(Br)c1OCc1cc(C)cc(C)c1. The third kappa shape index (κ3) is 6.00. The number of halogens is 2. The lowest BCUT2D eigenvalue weighted by Gasteiger charge is -2.26. The Morgan fingerprint density at radius 2 is 1.61 bits per heavy atom. The Kier molecular flexibility index (Phi) is 8.38. The molecule has 0 saturated carbocycles. The summed E-state index contributed by atoms with van der Waals surface area (Å²) < 4.78 is 13.4. The van der Waals surface area contributed by atoms with Crippen LogP contribution >= 0.6 is 31.9 Å². The van der Waals surface area contributed by atoms with Crippen LogP contribution in [-0.4, -0.2) is 24.5 Å². The summed E-state index contributed by atoms with van der Waals surface area (Å²) in [5.74, 6) is -0.521. The van der Waals surface area contributed by atoms with Gasteiger partial charge in [-0.2, -0.15) is 0 Å². The van der Waals surface area contributed by atoms with Gasteiger partial charge in [-0.15, -0.1) is 0 Å². The number of carbonyl (C=O) groups is 3. The van der Waals surface area contributed by atoms with Crippen molar-refractivity contribution in [2.45, 2.75) is 34.3 Å². The quantitative estimate of drug-likeness (QED) is 0.227. The first-order valence-corrected chi connectivity index (χ1v) is 13.5. The van der Waals surface area contributed by atoms with E-state index >= 15 is 0 Å². The molecule has 4 rings (SSSR count). The molecule has 0 aromatic heterocycles. The molecule has 196 valence electrons. The zero-order valence-corrected chi connectivity index (χ0v) is 24.5. The van der Waals surface area contributed by atoms with Crippen LogP contribution < -0.4 is 19.7 Å². The minimum atomic E-state index is -0.801. The molecule has 0 radical (unpaired) electrons. The van der Waals surface area contributed by atoms with E-state index in [1.807, 2.05) is 27.7 Å². The van der Waals surface area contributed by atoms with Gasteiger partial charge in [0, 0.05) is 4.47 Å². The molecule has 1 N–H and O–H groups in total. The fourth-order valence-electron chi connectivity index (χ4n) is 4.21. The molecule has 0 unspecified atom stereocenters. The van der Waals surface area contributed by atoms with Gasteiger partial charge in [-0.3, -0.25) is 14.9 Å². The number of aryl methyl sites for hydroxylation is 3. The molecule has 3 aromatic rings. The number of hydrogen-bond acceptors (Lipinski definition) is 5. The minimum Gasteiger partial charge on any atom is -0.490 e. The second-order valence-electron chi connectivity index (χ2n) is 8.94. The van der Waals surface area contributed by atoms with Crippen LogP contribution in [0.2, 0.25) is 0 Å². The summed E-state index contributed by atoms with van der Waals surface area (Å²) in [4.78, 5) is 39.5. The third-order valence-corrected chi connectivity index (χ3v) is 7.29. The number of imide groups is 2. The smallest absolute Gasteiger partial charge is 0.335 e. The topological polar surface area (TPSA) is 84.9 Å². The first-order valence-electron chi connectivity index (χ1n) is 11.9. The van der Waals surface area contributed by atoms with E-state index in [-0.39, 0.29) is 5.57 Å². The Labute approximate surface area is 238 Å². The Hall–Kier alpha value is -3.43. The van der Waals surface area contributed by atoms with Crippen LogP contribution in [0.25, 0.3) is 6.08 Å². The number of nitrogens with zero attached hydrogens (tertiary/aromatic N) is 1. The Morgan fingerprint density at radius 3 is 2.26 bits per heavy atom. The Bertz CT molecular complexity index is 1460. The molecule has 1 fully saturated rings. The van der Waals surface area contributed by atoms with Crippen molar-refractivity contribution >= 4 is 61.5 Å². The van der Waals surface area contributed by atoms with Crippen LogP contribution in [0.4, 0.5) is 10.5 Å². The number of amides is 4. The van der Waals surface area contributed by atoms with Gasteiger partial charge in [0.1, 0.15) is 12.2 Å². The van der Waals surface area contributed by atoms with E-state index in [4.69, 9.17) is 9.47 Å². The molecule has 0 aliphatic carbocycles. The molecule has 1 aliphatic heterocycles. The molecule has 1 aliphatic rings. The van der Waals surface area contributed by atoms with E-state index in [1.54, 1.807) is 30.3 Å². The van der Waals surface area contributed by atoms with Crippen molar-refractivity contribution in [2.24, 2.45) is 0 Å². The van der Waals surface area contributed by atoms with Crippen LogP contribution in [-0.2, 0) is 16.2 Å². The van der Waals surface area contributed by atoms with Crippen molar-refractivity contribution in [1.82, 2.24) is 5.32 Å². The highest BCUT2D eigenvalue weighted by Gasteiger charge is 2.37. The summed E-state index contributed by atoms with van der Waals surface area (Å²) in [6.45, 7) is 8.50. The number of rotatable bonds is 7. The molecule has 0 atom stereocenters. The van der Waals surface area contributed by atoms with E-state index in [2.05, 4.69) is 55.4 Å². The molecule has 9 heteroatoms. The molecule has 0 spiro atoms. The largest absolute Gasteiger partial charge is 0.490 e. The molecule has 4 amide bonds. The average molecular weight is 642 g/mol. The maximum atomic E-state index is 13.3. The molecule has 1 heterocycles. The number of nitrogens with one attached hydrogen (secondary N) is 1. The zero-order chi connectivity index (χ0) is 27.6. The van der Waals surface area contributed by atoms with Gasteiger partial charge in [-0.25, -0.2) is 9.69 Å². The Balaban J connectivity index is 1.67. The molecule has 3 aromatic carbocycles. The molecule has 0 bridgehead atoms. The van der Waals surface area contributed by atoms with Crippen molar-refractivity contribution < 1.29 is 23.9 Å². The van der Waals surface area contributed by atoms with E-state index in [1.165, 1.54) is 6.08 Å². The van der Waals surface area contributed by atoms with Gasteiger partial charge in [0.2, 0.25) is 0 Å². The van der Waals surface area contributed by atoms with Gasteiger partial charge in [0.05, 0.1) is 16.8 Å². The van der Waals surface area contributed by atoms with Crippen LogP contribution in [0, 0.1) is 20.8 Å². The maximum Gasteiger partial charge on any atom is 0.335 e. The third-order valence-electron chi connectivity index (χ3n) is 5.81. The highest BCUT2D eigenvalue weighted by atomic mass is 79.9. The zero-order valence-electron chi connectivity index (χ0n) is 21.4. The van der Waals surface area contributed by atoms with E-state index in [0.717, 1.165) is 31.6 Å². The number of urea groups is 1.